The monoisotopic (exact) mass is 446 g/mol. The number of nitrogens with one attached hydrogen (secondary N) is 1. The first-order valence-corrected chi connectivity index (χ1v) is 10.0. The second-order valence-corrected chi connectivity index (χ2v) is 7.30. The van der Waals surface area contributed by atoms with Crippen LogP contribution in [0.1, 0.15) is 38.3 Å². The van der Waals surface area contributed by atoms with Crippen LogP contribution in [0.25, 0.3) is 10.2 Å². The molecule has 0 radical (unpaired) electrons. The van der Waals surface area contributed by atoms with E-state index in [1.807, 2.05) is 0 Å². The molecule has 3 aromatic rings. The molecule has 0 aliphatic rings. The highest BCUT2D eigenvalue weighted by molar-refractivity contribution is 7.20. The molecule has 0 saturated carbocycles. The van der Waals surface area contributed by atoms with Gasteiger partial charge in [-0.1, -0.05) is 12.1 Å². The zero-order chi connectivity index (χ0) is 22.5. The second kappa shape index (κ2) is 9.47. The largest absolute Gasteiger partial charge is 0.462 e. The highest BCUT2D eigenvalue weighted by Crippen LogP contribution is 2.33. The maximum atomic E-state index is 13.6. The first kappa shape index (κ1) is 22.1. The molecule has 0 spiro atoms. The summed E-state index contributed by atoms with van der Waals surface area (Å²) in [5, 5.41) is 2.83. The Labute approximate surface area is 180 Å². The molecule has 11 heteroatoms. The number of halogens is 1. The van der Waals surface area contributed by atoms with E-state index >= 15 is 0 Å². The fourth-order valence-corrected chi connectivity index (χ4v) is 3.86. The molecule has 162 valence electrons. The molecular weight excluding hydrogens is 427 g/mol. The predicted octanol–water partition coefficient (Wildman–Crippen LogP) is 2.37. The van der Waals surface area contributed by atoms with E-state index in [9.17, 15) is 18.8 Å². The number of benzene rings is 1. The quantitative estimate of drug-likeness (QED) is 0.529. The molecule has 9 nitrogen and oxygen atoms in total. The van der Waals surface area contributed by atoms with Gasteiger partial charge in [0.2, 0.25) is 0 Å². The van der Waals surface area contributed by atoms with E-state index in [-0.39, 0.29) is 30.4 Å². The van der Waals surface area contributed by atoms with Crippen LogP contribution in [-0.4, -0.2) is 41.0 Å². The number of hydrogen-bond donors (Lipinski definition) is 2. The Morgan fingerprint density at radius 2 is 1.94 bits per heavy atom. The number of fused-ring (bicyclic) bond motifs is 1. The number of esters is 2. The van der Waals surface area contributed by atoms with Crippen LogP contribution in [0.4, 0.5) is 10.2 Å². The summed E-state index contributed by atoms with van der Waals surface area (Å²) in [5.74, 6) is -2.39. The lowest BCUT2D eigenvalue weighted by Crippen LogP contribution is -2.31. The van der Waals surface area contributed by atoms with Crippen LogP contribution in [0.2, 0.25) is 0 Å². The zero-order valence-electron chi connectivity index (χ0n) is 16.7. The molecule has 1 amide bonds. The van der Waals surface area contributed by atoms with Gasteiger partial charge in [0.1, 0.15) is 27.9 Å². The number of nitrogens with zero attached hydrogens (tertiary/aromatic N) is 2. The Morgan fingerprint density at radius 1 is 1.19 bits per heavy atom. The van der Waals surface area contributed by atoms with E-state index < -0.39 is 30.2 Å². The normalized spacial score (nSPS) is 10.7. The maximum absolute atomic E-state index is 13.6. The van der Waals surface area contributed by atoms with E-state index in [4.69, 9.17) is 15.2 Å². The van der Waals surface area contributed by atoms with E-state index in [0.29, 0.717) is 20.7 Å². The molecule has 0 aliphatic heterocycles. The number of carbonyl (C=O) groups excluding carboxylic acids is 3. The molecule has 31 heavy (non-hydrogen) atoms. The lowest BCUT2D eigenvalue weighted by molar-refractivity contribution is -0.143. The molecule has 3 rings (SSSR count). The average molecular weight is 446 g/mol. The van der Waals surface area contributed by atoms with Crippen LogP contribution in [0.15, 0.2) is 24.3 Å². The third-order valence-corrected chi connectivity index (χ3v) is 5.37. The molecule has 1 aromatic carbocycles. The van der Waals surface area contributed by atoms with Crippen LogP contribution >= 0.6 is 11.3 Å². The SMILES string of the molecule is CCOC(=O)c1sc2nc(COC(=O)CNC(=O)c3ccccc3F)nc(N)c2c1C. The summed E-state index contributed by atoms with van der Waals surface area (Å²) >= 11 is 1.11. The standard InChI is InChI=1S/C20H19FN4O5S/c1-3-29-20(28)16-10(2)15-17(22)24-13(25-19(15)31-16)9-30-14(26)8-23-18(27)11-6-4-5-7-12(11)21/h4-7H,3,8-9H2,1-2H3,(H,23,27)(H2,22,24,25). The number of aromatic nitrogens is 2. The van der Waals surface area contributed by atoms with Gasteiger partial charge in [-0.05, 0) is 31.5 Å². The third kappa shape index (κ3) is 4.94. The van der Waals surface area contributed by atoms with Gasteiger partial charge >= 0.3 is 11.9 Å². The van der Waals surface area contributed by atoms with E-state index in [1.54, 1.807) is 13.8 Å². The highest BCUT2D eigenvalue weighted by Gasteiger charge is 2.21. The minimum Gasteiger partial charge on any atom is -0.462 e. The van der Waals surface area contributed by atoms with Crippen molar-refractivity contribution in [1.29, 1.82) is 0 Å². The number of anilines is 1. The van der Waals surface area contributed by atoms with Crippen molar-refractivity contribution in [3.8, 4) is 0 Å². The summed E-state index contributed by atoms with van der Waals surface area (Å²) < 4.78 is 23.7. The Hall–Kier alpha value is -3.60. The molecule has 0 atom stereocenters. The highest BCUT2D eigenvalue weighted by atomic mass is 32.1. The number of nitrogens with two attached hydrogens (primary N) is 1. The molecule has 0 bridgehead atoms. The van der Waals surface area contributed by atoms with Crippen molar-refractivity contribution >= 4 is 45.2 Å². The predicted molar refractivity (Wildman–Crippen MR) is 111 cm³/mol. The molecule has 0 unspecified atom stereocenters. The molecular formula is C20H19FN4O5S. The van der Waals surface area contributed by atoms with Gasteiger partial charge in [-0.2, -0.15) is 0 Å². The van der Waals surface area contributed by atoms with Gasteiger partial charge in [0.05, 0.1) is 17.6 Å². The molecule has 2 heterocycles. The maximum Gasteiger partial charge on any atom is 0.348 e. The molecule has 0 fully saturated rings. The summed E-state index contributed by atoms with van der Waals surface area (Å²) in [6.07, 6.45) is 0. The van der Waals surface area contributed by atoms with E-state index in [1.165, 1.54) is 18.2 Å². The lowest BCUT2D eigenvalue weighted by atomic mass is 10.2. The van der Waals surface area contributed by atoms with Gasteiger partial charge in [-0.25, -0.2) is 19.2 Å². The van der Waals surface area contributed by atoms with Crippen molar-refractivity contribution in [1.82, 2.24) is 15.3 Å². The zero-order valence-corrected chi connectivity index (χ0v) is 17.5. The minimum atomic E-state index is -0.762. The van der Waals surface area contributed by atoms with Crippen molar-refractivity contribution in [2.75, 3.05) is 18.9 Å². The van der Waals surface area contributed by atoms with Crippen molar-refractivity contribution < 1.29 is 28.2 Å². The summed E-state index contributed by atoms with van der Waals surface area (Å²) in [6, 6.07) is 5.40. The number of ether oxygens (including phenoxy) is 2. The topological polar surface area (TPSA) is 134 Å². The molecule has 0 saturated heterocycles. The minimum absolute atomic E-state index is 0.135. The Balaban J connectivity index is 1.64. The number of thiophene rings is 1. The number of hydrogen-bond acceptors (Lipinski definition) is 9. The molecule has 2 aromatic heterocycles. The van der Waals surface area contributed by atoms with Crippen molar-refractivity contribution in [2.24, 2.45) is 0 Å². The third-order valence-electron chi connectivity index (χ3n) is 4.20. The second-order valence-electron chi connectivity index (χ2n) is 6.31. The summed E-state index contributed by atoms with van der Waals surface area (Å²) in [4.78, 5) is 45.2. The number of carbonyl (C=O) groups is 3. The average Bonchev–Trinajstić information content (AvgIpc) is 3.08. The van der Waals surface area contributed by atoms with Gasteiger partial charge < -0.3 is 20.5 Å². The van der Waals surface area contributed by atoms with E-state index in [2.05, 4.69) is 15.3 Å². The lowest BCUT2D eigenvalue weighted by Gasteiger charge is -2.07. The van der Waals surface area contributed by atoms with Crippen LogP contribution in [0, 0.1) is 12.7 Å². The van der Waals surface area contributed by atoms with Gasteiger partial charge in [0.15, 0.2) is 12.4 Å². The van der Waals surface area contributed by atoms with Gasteiger partial charge in [-0.3, -0.25) is 9.59 Å². The van der Waals surface area contributed by atoms with Crippen LogP contribution in [-0.2, 0) is 20.9 Å². The van der Waals surface area contributed by atoms with Crippen molar-refractivity contribution in [2.45, 2.75) is 20.5 Å². The van der Waals surface area contributed by atoms with Crippen LogP contribution < -0.4 is 11.1 Å². The van der Waals surface area contributed by atoms with Crippen LogP contribution in [0.3, 0.4) is 0 Å². The first-order valence-electron chi connectivity index (χ1n) is 9.22. The summed E-state index contributed by atoms with van der Waals surface area (Å²) in [7, 11) is 0. The Bertz CT molecular complexity index is 1160. The Kier molecular flexibility index (Phi) is 6.75. The number of amides is 1. The molecule has 3 N–H and O–H groups in total. The van der Waals surface area contributed by atoms with Crippen molar-refractivity contribution in [3.63, 3.8) is 0 Å². The van der Waals surface area contributed by atoms with E-state index in [0.717, 1.165) is 17.4 Å². The first-order chi connectivity index (χ1) is 14.8. The smallest absolute Gasteiger partial charge is 0.348 e. The molecule has 0 aliphatic carbocycles. The number of aryl methyl sites for hydroxylation is 1. The van der Waals surface area contributed by atoms with Gasteiger partial charge in [0, 0.05) is 0 Å². The number of rotatable bonds is 7. The fraction of sp³-hybridized carbons (Fsp3) is 0.250. The Morgan fingerprint density at radius 3 is 2.65 bits per heavy atom. The fourth-order valence-electron chi connectivity index (χ4n) is 2.76. The number of nitrogen functional groups attached to an aromatic ring is 1. The summed E-state index contributed by atoms with van der Waals surface area (Å²) in [6.45, 7) is 2.92. The van der Waals surface area contributed by atoms with Crippen LogP contribution in [0.5, 0.6) is 0 Å². The summed E-state index contributed by atoms with van der Waals surface area (Å²) in [5.41, 5.74) is 6.44. The van der Waals surface area contributed by atoms with Gasteiger partial charge in [0.25, 0.3) is 5.91 Å². The van der Waals surface area contributed by atoms with Gasteiger partial charge in [-0.15, -0.1) is 11.3 Å². The van der Waals surface area contributed by atoms with Crippen molar-refractivity contribution in [3.05, 3.63) is 51.9 Å².